The summed E-state index contributed by atoms with van der Waals surface area (Å²) in [6, 6.07) is 13.5. The second-order valence-electron chi connectivity index (χ2n) is 4.80. The maximum atomic E-state index is 10.8. The first-order chi connectivity index (χ1) is 11.5. The number of ether oxygens (including phenoxy) is 1. The minimum atomic E-state index is -0.445. The molecule has 0 bridgehead atoms. The number of non-ortho nitro benzene ring substituents is 1. The molecule has 0 heterocycles. The largest absolute Gasteiger partial charge is 0.497 e. The van der Waals surface area contributed by atoms with Crippen LogP contribution in [-0.2, 0) is 0 Å². The standard InChI is InChI=1S/C16H16N4O3S/c1-11(12-5-3-7-14(9-12)20(21)22)18-19-16(24)17-13-6-4-8-15(10-13)23-2/h3-10H,1-2H3,(H2,17,19,24)/b18-11+. The van der Waals surface area contributed by atoms with Gasteiger partial charge in [0.1, 0.15) is 5.75 Å². The predicted octanol–water partition coefficient (Wildman–Crippen LogP) is 3.31. The molecule has 2 aromatic rings. The fourth-order valence-corrected chi connectivity index (χ4v) is 2.07. The van der Waals surface area contributed by atoms with Gasteiger partial charge >= 0.3 is 0 Å². The molecule has 0 aliphatic heterocycles. The Balaban J connectivity index is 2.02. The molecule has 2 aromatic carbocycles. The first-order valence-electron chi connectivity index (χ1n) is 7.00. The summed E-state index contributed by atoms with van der Waals surface area (Å²) in [5.41, 5.74) is 4.70. The van der Waals surface area contributed by atoms with Crippen molar-refractivity contribution in [2.45, 2.75) is 6.92 Å². The molecule has 0 radical (unpaired) electrons. The van der Waals surface area contributed by atoms with Gasteiger partial charge in [0, 0.05) is 29.4 Å². The molecule has 0 aliphatic carbocycles. The molecule has 8 heteroatoms. The van der Waals surface area contributed by atoms with E-state index in [1.165, 1.54) is 12.1 Å². The number of rotatable bonds is 5. The fourth-order valence-electron chi connectivity index (χ4n) is 1.90. The molecule has 24 heavy (non-hydrogen) atoms. The van der Waals surface area contributed by atoms with Crippen LogP contribution in [0.15, 0.2) is 53.6 Å². The number of hydrogen-bond acceptors (Lipinski definition) is 5. The minimum Gasteiger partial charge on any atom is -0.497 e. The van der Waals surface area contributed by atoms with Gasteiger partial charge in [0.05, 0.1) is 17.7 Å². The highest BCUT2D eigenvalue weighted by molar-refractivity contribution is 7.80. The lowest BCUT2D eigenvalue weighted by atomic mass is 10.1. The molecular weight excluding hydrogens is 328 g/mol. The van der Waals surface area contributed by atoms with E-state index in [9.17, 15) is 10.1 Å². The van der Waals surface area contributed by atoms with Gasteiger partial charge in [-0.1, -0.05) is 18.2 Å². The predicted molar refractivity (Wildman–Crippen MR) is 97.7 cm³/mol. The van der Waals surface area contributed by atoms with Crippen molar-refractivity contribution in [3.8, 4) is 5.75 Å². The minimum absolute atomic E-state index is 0.0131. The van der Waals surface area contributed by atoms with Gasteiger partial charge in [0.2, 0.25) is 0 Å². The Morgan fingerprint density at radius 1 is 1.25 bits per heavy atom. The molecule has 7 nitrogen and oxygen atoms in total. The SMILES string of the molecule is COc1cccc(NC(=S)N/N=C(\C)c2cccc([N+](=O)[O-])c2)c1. The molecule has 0 amide bonds. The number of hydrazone groups is 1. The van der Waals surface area contributed by atoms with Crippen LogP contribution in [0.5, 0.6) is 5.75 Å². The molecule has 0 saturated carbocycles. The van der Waals surface area contributed by atoms with Crippen LogP contribution in [0.2, 0.25) is 0 Å². The van der Waals surface area contributed by atoms with E-state index in [1.807, 2.05) is 18.2 Å². The van der Waals surface area contributed by atoms with Crippen LogP contribution in [0.3, 0.4) is 0 Å². The van der Waals surface area contributed by atoms with Crippen molar-refractivity contribution in [1.29, 1.82) is 0 Å². The van der Waals surface area contributed by atoms with E-state index >= 15 is 0 Å². The van der Waals surface area contributed by atoms with Crippen LogP contribution in [-0.4, -0.2) is 22.9 Å². The molecule has 2 N–H and O–H groups in total. The number of nitro benzene ring substituents is 1. The van der Waals surface area contributed by atoms with Gasteiger partial charge in [-0.2, -0.15) is 5.10 Å². The molecule has 2 rings (SSSR count). The maximum Gasteiger partial charge on any atom is 0.270 e. The molecule has 0 saturated heterocycles. The average molecular weight is 344 g/mol. The molecule has 0 aromatic heterocycles. The zero-order valence-corrected chi connectivity index (χ0v) is 14.0. The van der Waals surface area contributed by atoms with Crippen molar-refractivity contribution in [2.24, 2.45) is 5.10 Å². The van der Waals surface area contributed by atoms with Crippen molar-refractivity contribution >= 4 is 34.4 Å². The van der Waals surface area contributed by atoms with Crippen LogP contribution in [0.4, 0.5) is 11.4 Å². The second kappa shape index (κ2) is 8.02. The van der Waals surface area contributed by atoms with Crippen LogP contribution >= 0.6 is 12.2 Å². The summed E-state index contributed by atoms with van der Waals surface area (Å²) in [7, 11) is 1.59. The smallest absolute Gasteiger partial charge is 0.270 e. The lowest BCUT2D eigenvalue weighted by Crippen LogP contribution is -2.25. The number of nitrogens with one attached hydrogen (secondary N) is 2. The number of benzene rings is 2. The number of methoxy groups -OCH3 is 1. The molecule has 124 valence electrons. The summed E-state index contributed by atoms with van der Waals surface area (Å²) < 4.78 is 5.14. The Kier molecular flexibility index (Phi) is 5.80. The summed E-state index contributed by atoms with van der Waals surface area (Å²) >= 11 is 5.17. The number of nitrogens with zero attached hydrogens (tertiary/aromatic N) is 2. The third-order valence-corrected chi connectivity index (χ3v) is 3.32. The Labute approximate surface area is 144 Å². The molecule has 0 spiro atoms. The van der Waals surface area contributed by atoms with Crippen molar-refractivity contribution < 1.29 is 9.66 Å². The van der Waals surface area contributed by atoms with Crippen LogP contribution in [0.25, 0.3) is 0 Å². The number of anilines is 1. The van der Waals surface area contributed by atoms with Crippen LogP contribution < -0.4 is 15.5 Å². The van der Waals surface area contributed by atoms with Gasteiger partial charge < -0.3 is 10.1 Å². The normalized spacial score (nSPS) is 10.8. The molecule has 0 unspecified atom stereocenters. The Morgan fingerprint density at radius 3 is 2.71 bits per heavy atom. The van der Waals surface area contributed by atoms with Crippen molar-refractivity contribution in [3.05, 3.63) is 64.2 Å². The second-order valence-corrected chi connectivity index (χ2v) is 5.21. The van der Waals surface area contributed by atoms with Crippen molar-refractivity contribution in [3.63, 3.8) is 0 Å². The van der Waals surface area contributed by atoms with Gasteiger partial charge in [0.15, 0.2) is 5.11 Å². The number of hydrogen-bond donors (Lipinski definition) is 2. The van der Waals surface area contributed by atoms with Gasteiger partial charge in [-0.15, -0.1) is 0 Å². The Bertz CT molecular complexity index is 792. The van der Waals surface area contributed by atoms with E-state index in [0.29, 0.717) is 22.1 Å². The summed E-state index contributed by atoms with van der Waals surface area (Å²) in [5.74, 6) is 0.707. The third kappa shape index (κ3) is 4.75. The van der Waals surface area contributed by atoms with Gasteiger partial charge in [0.25, 0.3) is 5.69 Å². The van der Waals surface area contributed by atoms with E-state index in [2.05, 4.69) is 15.8 Å². The van der Waals surface area contributed by atoms with Crippen molar-refractivity contribution in [1.82, 2.24) is 5.43 Å². The quantitative estimate of drug-likeness (QED) is 0.374. The highest BCUT2D eigenvalue weighted by atomic mass is 32.1. The van der Waals surface area contributed by atoms with Crippen LogP contribution in [0, 0.1) is 10.1 Å². The Hall–Kier alpha value is -3.00. The maximum absolute atomic E-state index is 10.8. The van der Waals surface area contributed by atoms with Crippen molar-refractivity contribution in [2.75, 3.05) is 12.4 Å². The summed E-state index contributed by atoms with van der Waals surface area (Å²) in [5, 5.41) is 18.2. The molecule has 0 fully saturated rings. The number of nitro groups is 1. The number of thiocarbonyl (C=S) groups is 1. The highest BCUT2D eigenvalue weighted by Crippen LogP contribution is 2.16. The topological polar surface area (TPSA) is 88.8 Å². The Morgan fingerprint density at radius 2 is 2.00 bits per heavy atom. The summed E-state index contributed by atoms with van der Waals surface area (Å²) in [4.78, 5) is 10.4. The van der Waals surface area contributed by atoms with E-state index < -0.39 is 4.92 Å². The lowest BCUT2D eigenvalue weighted by molar-refractivity contribution is -0.384. The van der Waals surface area contributed by atoms with Gasteiger partial charge in [-0.3, -0.25) is 15.5 Å². The van der Waals surface area contributed by atoms with Crippen LogP contribution in [0.1, 0.15) is 12.5 Å². The highest BCUT2D eigenvalue weighted by Gasteiger charge is 2.07. The third-order valence-electron chi connectivity index (χ3n) is 3.13. The van der Waals surface area contributed by atoms with E-state index in [0.717, 1.165) is 5.69 Å². The zero-order valence-electron chi connectivity index (χ0n) is 13.1. The molecule has 0 atom stereocenters. The van der Waals surface area contributed by atoms with Gasteiger partial charge in [-0.05, 0) is 31.3 Å². The summed E-state index contributed by atoms with van der Waals surface area (Å²) in [6.45, 7) is 1.74. The fraction of sp³-hybridized carbons (Fsp3) is 0.125. The summed E-state index contributed by atoms with van der Waals surface area (Å²) in [6.07, 6.45) is 0. The van der Waals surface area contributed by atoms with E-state index in [-0.39, 0.29) is 5.69 Å². The molecule has 0 aliphatic rings. The lowest BCUT2D eigenvalue weighted by Gasteiger charge is -2.09. The van der Waals surface area contributed by atoms with E-state index in [4.69, 9.17) is 17.0 Å². The monoisotopic (exact) mass is 344 g/mol. The average Bonchev–Trinajstić information content (AvgIpc) is 2.60. The van der Waals surface area contributed by atoms with Gasteiger partial charge in [-0.25, -0.2) is 0 Å². The first kappa shape index (κ1) is 17.4. The molecular formula is C16H16N4O3S. The first-order valence-corrected chi connectivity index (χ1v) is 7.40. The zero-order chi connectivity index (χ0) is 17.5. The van der Waals surface area contributed by atoms with E-state index in [1.54, 1.807) is 32.2 Å².